The van der Waals surface area contributed by atoms with E-state index in [2.05, 4.69) is 10.6 Å². The van der Waals surface area contributed by atoms with Crippen molar-refractivity contribution in [3.8, 4) is 0 Å². The fraction of sp³-hybridized carbons (Fsp3) is 0.636. The number of hydrogen-bond donors (Lipinski definition) is 2. The number of nitrogens with one attached hydrogen (secondary N) is 2. The van der Waals surface area contributed by atoms with Gasteiger partial charge in [0.05, 0.1) is 30.1 Å². The van der Waals surface area contributed by atoms with E-state index in [1.807, 2.05) is 18.7 Å². The first-order chi connectivity index (χ1) is 15.2. The molecule has 9 nitrogen and oxygen atoms in total. The van der Waals surface area contributed by atoms with Crippen molar-refractivity contribution in [2.24, 2.45) is 5.92 Å². The number of carbonyl (C=O) groups is 2. The van der Waals surface area contributed by atoms with Crippen LogP contribution in [-0.2, 0) is 24.3 Å². The molecule has 0 spiro atoms. The molecule has 1 aromatic carbocycles. The molecule has 2 heterocycles. The molecule has 0 aromatic heterocycles. The number of likely N-dealkylation sites (tertiary alicyclic amines) is 1. The average molecular weight is 467 g/mol. The first-order valence-electron chi connectivity index (χ1n) is 11.2. The van der Waals surface area contributed by atoms with Crippen LogP contribution in [-0.4, -0.2) is 81.4 Å². The number of benzene rings is 1. The topological polar surface area (TPSA) is 108 Å². The van der Waals surface area contributed by atoms with Gasteiger partial charge in [-0.25, -0.2) is 8.42 Å². The Labute approximate surface area is 190 Å². The van der Waals surface area contributed by atoms with Gasteiger partial charge in [0.2, 0.25) is 21.8 Å². The van der Waals surface area contributed by atoms with Crippen LogP contribution in [0, 0.1) is 12.8 Å². The highest BCUT2D eigenvalue weighted by Gasteiger charge is 2.31. The quantitative estimate of drug-likeness (QED) is 0.625. The largest absolute Gasteiger partial charge is 0.379 e. The third kappa shape index (κ3) is 5.67. The summed E-state index contributed by atoms with van der Waals surface area (Å²) >= 11 is 0. The Morgan fingerprint density at radius 1 is 1.22 bits per heavy atom. The minimum Gasteiger partial charge on any atom is -0.379 e. The van der Waals surface area contributed by atoms with Crippen LogP contribution in [0.4, 0.5) is 5.69 Å². The maximum Gasteiger partial charge on any atom is 0.243 e. The highest BCUT2D eigenvalue weighted by atomic mass is 32.2. The maximum absolute atomic E-state index is 13.1. The normalized spacial score (nSPS) is 21.7. The van der Waals surface area contributed by atoms with E-state index >= 15 is 0 Å². The summed E-state index contributed by atoms with van der Waals surface area (Å²) in [5.41, 5.74) is 1.07. The molecular weight excluding hydrogens is 432 g/mol. The van der Waals surface area contributed by atoms with Crippen molar-refractivity contribution >= 4 is 27.5 Å². The van der Waals surface area contributed by atoms with Gasteiger partial charge in [-0.15, -0.1) is 0 Å². The first-order valence-corrected chi connectivity index (χ1v) is 12.7. The predicted molar refractivity (Wildman–Crippen MR) is 122 cm³/mol. The SMILES string of the molecule is CCNC(=O)C1CCCN(C(C)C(=O)Nc2ccc(C)c(S(=O)(=O)N3CCOCC3)c2)C1. The zero-order valence-corrected chi connectivity index (χ0v) is 19.9. The second kappa shape index (κ2) is 10.7. The molecule has 0 saturated carbocycles. The summed E-state index contributed by atoms with van der Waals surface area (Å²) in [6.07, 6.45) is 1.67. The number of sulfonamides is 1. The molecule has 178 valence electrons. The number of carbonyl (C=O) groups excluding carboxylic acids is 2. The van der Waals surface area contributed by atoms with E-state index in [1.165, 1.54) is 10.4 Å². The number of piperidine rings is 1. The summed E-state index contributed by atoms with van der Waals surface area (Å²) in [6.45, 7) is 8.71. The van der Waals surface area contributed by atoms with Crippen LogP contribution >= 0.6 is 0 Å². The predicted octanol–water partition coefficient (Wildman–Crippen LogP) is 1.19. The molecule has 1 aromatic rings. The van der Waals surface area contributed by atoms with Gasteiger partial charge in [0.25, 0.3) is 0 Å². The molecule has 3 rings (SSSR count). The monoisotopic (exact) mass is 466 g/mol. The van der Waals surface area contributed by atoms with Gasteiger partial charge in [-0.1, -0.05) is 6.07 Å². The maximum atomic E-state index is 13.1. The lowest BCUT2D eigenvalue weighted by atomic mass is 9.96. The van der Waals surface area contributed by atoms with Crippen LogP contribution in [0.2, 0.25) is 0 Å². The average Bonchev–Trinajstić information content (AvgIpc) is 2.80. The Kier molecular flexibility index (Phi) is 8.26. The first kappa shape index (κ1) is 24.6. The summed E-state index contributed by atoms with van der Waals surface area (Å²) in [5.74, 6) is -0.315. The summed E-state index contributed by atoms with van der Waals surface area (Å²) in [6, 6.07) is 4.51. The van der Waals surface area contributed by atoms with Crippen molar-refractivity contribution in [1.82, 2.24) is 14.5 Å². The third-order valence-corrected chi connectivity index (χ3v) is 8.19. The number of ether oxygens (including phenoxy) is 1. The van der Waals surface area contributed by atoms with Crippen LogP contribution in [0.25, 0.3) is 0 Å². The molecule has 0 aliphatic carbocycles. The molecule has 32 heavy (non-hydrogen) atoms. The van der Waals surface area contributed by atoms with E-state index in [9.17, 15) is 18.0 Å². The molecule has 2 saturated heterocycles. The summed E-state index contributed by atoms with van der Waals surface area (Å²) in [4.78, 5) is 27.4. The van der Waals surface area contributed by atoms with E-state index in [-0.39, 0.29) is 22.6 Å². The van der Waals surface area contributed by atoms with Gasteiger partial charge in [0.15, 0.2) is 0 Å². The fourth-order valence-electron chi connectivity index (χ4n) is 4.19. The highest BCUT2D eigenvalue weighted by molar-refractivity contribution is 7.89. The van der Waals surface area contributed by atoms with Crippen molar-refractivity contribution in [2.75, 3.05) is 51.3 Å². The number of hydrogen-bond acceptors (Lipinski definition) is 6. The lowest BCUT2D eigenvalue weighted by molar-refractivity contribution is -0.129. The summed E-state index contributed by atoms with van der Waals surface area (Å²) < 4.78 is 32.9. The number of morpholine rings is 1. The summed E-state index contributed by atoms with van der Waals surface area (Å²) in [7, 11) is -3.67. The molecule has 0 bridgehead atoms. The highest BCUT2D eigenvalue weighted by Crippen LogP contribution is 2.25. The van der Waals surface area contributed by atoms with Crippen molar-refractivity contribution in [1.29, 1.82) is 0 Å². The smallest absolute Gasteiger partial charge is 0.243 e. The molecule has 0 radical (unpaired) electrons. The molecule has 2 unspecified atom stereocenters. The minimum absolute atomic E-state index is 0.0290. The van der Waals surface area contributed by atoms with Crippen molar-refractivity contribution in [3.05, 3.63) is 23.8 Å². The lowest BCUT2D eigenvalue weighted by Crippen LogP contribution is -2.50. The van der Waals surface area contributed by atoms with Crippen LogP contribution in [0.5, 0.6) is 0 Å². The van der Waals surface area contributed by atoms with Crippen LogP contribution < -0.4 is 10.6 Å². The van der Waals surface area contributed by atoms with Crippen LogP contribution in [0.1, 0.15) is 32.3 Å². The Balaban J connectivity index is 1.69. The minimum atomic E-state index is -3.67. The number of anilines is 1. The van der Waals surface area contributed by atoms with Gasteiger partial charge in [0.1, 0.15) is 0 Å². The van der Waals surface area contributed by atoms with E-state index in [4.69, 9.17) is 4.74 Å². The molecule has 2 aliphatic heterocycles. The molecular formula is C22H34N4O5S. The number of rotatable bonds is 7. The molecule has 2 amide bonds. The van der Waals surface area contributed by atoms with Gasteiger partial charge in [-0.3, -0.25) is 14.5 Å². The van der Waals surface area contributed by atoms with Gasteiger partial charge in [-0.05, 0) is 57.9 Å². The van der Waals surface area contributed by atoms with Crippen LogP contribution in [0.3, 0.4) is 0 Å². The summed E-state index contributed by atoms with van der Waals surface area (Å²) in [5, 5.41) is 5.72. The molecule has 10 heteroatoms. The van der Waals surface area contributed by atoms with Gasteiger partial charge in [-0.2, -0.15) is 4.31 Å². The van der Waals surface area contributed by atoms with Crippen molar-refractivity contribution in [3.63, 3.8) is 0 Å². The second-order valence-electron chi connectivity index (χ2n) is 8.39. The zero-order chi connectivity index (χ0) is 23.3. The van der Waals surface area contributed by atoms with Gasteiger partial charge < -0.3 is 15.4 Å². The van der Waals surface area contributed by atoms with E-state index in [1.54, 1.807) is 19.1 Å². The zero-order valence-electron chi connectivity index (χ0n) is 19.1. The Morgan fingerprint density at radius 3 is 2.62 bits per heavy atom. The Hall–Kier alpha value is -2.01. The van der Waals surface area contributed by atoms with Gasteiger partial charge >= 0.3 is 0 Å². The molecule has 2 atom stereocenters. The number of nitrogens with zero attached hydrogens (tertiary/aromatic N) is 2. The number of aryl methyl sites for hydroxylation is 1. The van der Waals surface area contributed by atoms with E-state index in [0.717, 1.165) is 19.4 Å². The third-order valence-electron chi connectivity index (χ3n) is 6.15. The van der Waals surface area contributed by atoms with Crippen molar-refractivity contribution < 1.29 is 22.7 Å². The molecule has 2 fully saturated rings. The molecule has 2 aliphatic rings. The van der Waals surface area contributed by atoms with Crippen LogP contribution in [0.15, 0.2) is 23.1 Å². The Morgan fingerprint density at radius 2 is 1.94 bits per heavy atom. The van der Waals surface area contributed by atoms with Gasteiger partial charge in [0, 0.05) is 31.9 Å². The van der Waals surface area contributed by atoms with Crippen molar-refractivity contribution in [2.45, 2.75) is 44.6 Å². The standard InChI is InChI=1S/C22H34N4O5S/c1-4-23-22(28)18-6-5-9-25(15-18)17(3)21(27)24-19-8-7-16(2)20(14-19)32(29,30)26-10-12-31-13-11-26/h7-8,14,17-18H,4-6,9-13,15H2,1-3H3,(H,23,28)(H,24,27). The van der Waals surface area contributed by atoms with E-state index < -0.39 is 16.1 Å². The van der Waals surface area contributed by atoms with E-state index in [0.29, 0.717) is 50.6 Å². The lowest BCUT2D eigenvalue weighted by Gasteiger charge is -2.35. The number of amides is 2. The second-order valence-corrected chi connectivity index (χ2v) is 10.3. The fourth-order valence-corrected chi connectivity index (χ4v) is 5.84. The Bertz CT molecular complexity index is 930. The molecule has 2 N–H and O–H groups in total.